The highest BCUT2D eigenvalue weighted by Gasteiger charge is 2.12. The zero-order valence-electron chi connectivity index (χ0n) is 14.0. The largest absolute Gasteiger partial charge is 0.356 e. The van der Waals surface area contributed by atoms with Gasteiger partial charge in [0.2, 0.25) is 5.91 Å². The summed E-state index contributed by atoms with van der Waals surface area (Å²) in [5.74, 6) is -2.81. The molecule has 0 aliphatic heterocycles. The third kappa shape index (κ3) is 6.23. The fourth-order valence-electron chi connectivity index (χ4n) is 2.31. The van der Waals surface area contributed by atoms with Crippen LogP contribution in [0.5, 0.6) is 0 Å². The van der Waals surface area contributed by atoms with E-state index in [1.165, 1.54) is 12.1 Å². The quantitative estimate of drug-likeness (QED) is 0.708. The van der Waals surface area contributed by atoms with Gasteiger partial charge in [-0.05, 0) is 42.7 Å². The number of nitrogens with one attached hydrogen (secondary N) is 2. The lowest BCUT2D eigenvalue weighted by Gasteiger charge is -2.07. The minimum Gasteiger partial charge on any atom is -0.356 e. The third-order valence-electron chi connectivity index (χ3n) is 3.69. The average Bonchev–Trinajstić information content (AvgIpc) is 2.60. The maximum Gasteiger partial charge on any atom is 0.254 e. The van der Waals surface area contributed by atoms with E-state index in [2.05, 4.69) is 10.6 Å². The van der Waals surface area contributed by atoms with Crippen molar-refractivity contribution in [1.82, 2.24) is 10.6 Å². The van der Waals surface area contributed by atoms with Gasteiger partial charge in [0, 0.05) is 25.6 Å². The molecule has 0 radical (unpaired) electrons. The predicted molar refractivity (Wildman–Crippen MR) is 91.0 cm³/mol. The number of carbonyl (C=O) groups is 2. The van der Waals surface area contributed by atoms with Crippen LogP contribution in [0.3, 0.4) is 0 Å². The van der Waals surface area contributed by atoms with Gasteiger partial charge in [-0.25, -0.2) is 13.2 Å². The molecule has 0 saturated carbocycles. The molecule has 2 amide bonds. The average molecular weight is 364 g/mol. The molecule has 4 nitrogen and oxygen atoms in total. The summed E-state index contributed by atoms with van der Waals surface area (Å²) in [5, 5.41) is 5.22. The van der Waals surface area contributed by atoms with E-state index < -0.39 is 17.5 Å². The molecule has 2 aromatic carbocycles. The molecule has 0 unspecified atom stereocenters. The monoisotopic (exact) mass is 364 g/mol. The first kappa shape index (κ1) is 19.5. The molecule has 138 valence electrons. The maximum atomic E-state index is 13.5. The van der Waals surface area contributed by atoms with Crippen molar-refractivity contribution in [3.05, 3.63) is 71.0 Å². The van der Waals surface area contributed by atoms with Crippen LogP contribution >= 0.6 is 0 Å². The van der Waals surface area contributed by atoms with Crippen LogP contribution in [0.15, 0.2) is 42.5 Å². The van der Waals surface area contributed by atoms with Gasteiger partial charge < -0.3 is 10.6 Å². The fourth-order valence-corrected chi connectivity index (χ4v) is 2.31. The van der Waals surface area contributed by atoms with Crippen molar-refractivity contribution in [2.75, 3.05) is 13.1 Å². The molecule has 0 aromatic heterocycles. The first-order chi connectivity index (χ1) is 12.5. The van der Waals surface area contributed by atoms with E-state index >= 15 is 0 Å². The Kier molecular flexibility index (Phi) is 7.20. The highest BCUT2D eigenvalue weighted by atomic mass is 19.1. The lowest BCUT2D eigenvalue weighted by atomic mass is 10.1. The van der Waals surface area contributed by atoms with Gasteiger partial charge in [0.25, 0.3) is 5.91 Å². The molecule has 2 aromatic rings. The summed E-state index contributed by atoms with van der Waals surface area (Å²) in [6.07, 6.45) is 1.18. The normalized spacial score (nSPS) is 10.4. The molecule has 0 aliphatic carbocycles. The van der Waals surface area contributed by atoms with Gasteiger partial charge in [0.05, 0.1) is 5.56 Å². The van der Waals surface area contributed by atoms with E-state index in [-0.39, 0.29) is 30.3 Å². The van der Waals surface area contributed by atoms with E-state index in [0.29, 0.717) is 25.5 Å². The van der Waals surface area contributed by atoms with Crippen molar-refractivity contribution < 1.29 is 22.8 Å². The van der Waals surface area contributed by atoms with Gasteiger partial charge in [-0.3, -0.25) is 9.59 Å². The molecule has 26 heavy (non-hydrogen) atoms. The molecule has 2 rings (SSSR count). The van der Waals surface area contributed by atoms with E-state index in [4.69, 9.17) is 0 Å². The van der Waals surface area contributed by atoms with Crippen molar-refractivity contribution in [3.63, 3.8) is 0 Å². The van der Waals surface area contributed by atoms with Gasteiger partial charge in [0.15, 0.2) is 0 Å². The van der Waals surface area contributed by atoms with E-state index in [1.807, 2.05) is 0 Å². The topological polar surface area (TPSA) is 58.2 Å². The van der Waals surface area contributed by atoms with Crippen LogP contribution in [0.1, 0.15) is 28.8 Å². The Morgan fingerprint density at radius 1 is 0.846 bits per heavy atom. The predicted octanol–water partition coefficient (Wildman–Crippen LogP) is 2.97. The Bertz CT molecular complexity index is 764. The van der Waals surface area contributed by atoms with Crippen molar-refractivity contribution in [2.45, 2.75) is 19.3 Å². The van der Waals surface area contributed by atoms with Crippen LogP contribution in [0.25, 0.3) is 0 Å². The summed E-state index contributed by atoms with van der Waals surface area (Å²) >= 11 is 0. The lowest BCUT2D eigenvalue weighted by molar-refractivity contribution is -0.121. The molecule has 0 aliphatic rings. The van der Waals surface area contributed by atoms with Gasteiger partial charge in [-0.15, -0.1) is 0 Å². The van der Waals surface area contributed by atoms with Gasteiger partial charge in [0.1, 0.15) is 17.5 Å². The second-order valence-corrected chi connectivity index (χ2v) is 5.71. The number of hydrogen-bond donors (Lipinski definition) is 2. The molecule has 0 atom stereocenters. The molecule has 0 spiro atoms. The zero-order chi connectivity index (χ0) is 18.9. The summed E-state index contributed by atoms with van der Waals surface area (Å²) in [5.41, 5.74) is 0.676. The minimum absolute atomic E-state index is 0.172. The molecular weight excluding hydrogens is 345 g/mol. The van der Waals surface area contributed by atoms with Gasteiger partial charge in [-0.2, -0.15) is 0 Å². The van der Waals surface area contributed by atoms with E-state index in [1.54, 1.807) is 12.1 Å². The van der Waals surface area contributed by atoms with Crippen LogP contribution in [0, 0.1) is 17.5 Å². The van der Waals surface area contributed by atoms with Crippen LogP contribution in [0.4, 0.5) is 13.2 Å². The second-order valence-electron chi connectivity index (χ2n) is 5.71. The molecule has 0 bridgehead atoms. The second kappa shape index (κ2) is 9.60. The summed E-state index contributed by atoms with van der Waals surface area (Å²) in [6.45, 7) is 0.624. The first-order valence-electron chi connectivity index (χ1n) is 8.20. The standard InChI is InChI=1S/C19H19F3N2O2/c20-14-5-3-13(4-6-14)9-11-23-18(25)2-1-10-24-19(26)16-8-7-15(21)12-17(16)22/h3-8,12H,1-2,9-11H2,(H,23,25)(H,24,26). The summed E-state index contributed by atoms with van der Waals surface area (Å²) in [4.78, 5) is 23.5. The van der Waals surface area contributed by atoms with Crippen molar-refractivity contribution in [3.8, 4) is 0 Å². The number of rotatable bonds is 8. The summed E-state index contributed by atoms with van der Waals surface area (Å²) in [6, 6.07) is 8.77. The van der Waals surface area contributed by atoms with Crippen molar-refractivity contribution in [2.24, 2.45) is 0 Å². The Morgan fingerprint density at radius 2 is 1.54 bits per heavy atom. The molecule has 0 saturated heterocycles. The number of amides is 2. The Balaban J connectivity index is 1.62. The molecular formula is C19H19F3N2O2. The zero-order valence-corrected chi connectivity index (χ0v) is 14.0. The number of benzene rings is 2. The van der Waals surface area contributed by atoms with Crippen LogP contribution in [-0.2, 0) is 11.2 Å². The highest BCUT2D eigenvalue weighted by Crippen LogP contribution is 2.09. The highest BCUT2D eigenvalue weighted by molar-refractivity contribution is 5.94. The van der Waals surface area contributed by atoms with Gasteiger partial charge in [-0.1, -0.05) is 12.1 Å². The lowest BCUT2D eigenvalue weighted by Crippen LogP contribution is -2.29. The number of hydrogen-bond acceptors (Lipinski definition) is 2. The smallest absolute Gasteiger partial charge is 0.254 e. The summed E-state index contributed by atoms with van der Waals surface area (Å²) < 4.78 is 39.0. The Hall–Kier alpha value is -2.83. The van der Waals surface area contributed by atoms with Crippen LogP contribution < -0.4 is 10.6 Å². The fraction of sp³-hybridized carbons (Fsp3) is 0.263. The summed E-state index contributed by atoms with van der Waals surface area (Å²) in [7, 11) is 0. The molecule has 0 fully saturated rings. The van der Waals surface area contributed by atoms with Gasteiger partial charge >= 0.3 is 0 Å². The third-order valence-corrected chi connectivity index (χ3v) is 3.69. The van der Waals surface area contributed by atoms with Crippen LogP contribution in [0.2, 0.25) is 0 Å². The maximum absolute atomic E-state index is 13.5. The number of carbonyl (C=O) groups excluding carboxylic acids is 2. The Labute approximate surface area is 149 Å². The van der Waals surface area contributed by atoms with E-state index in [9.17, 15) is 22.8 Å². The molecule has 0 heterocycles. The minimum atomic E-state index is -0.930. The SMILES string of the molecule is O=C(CCCNC(=O)c1ccc(F)cc1F)NCCc1ccc(F)cc1. The molecule has 7 heteroatoms. The number of halogens is 3. The van der Waals surface area contributed by atoms with Crippen molar-refractivity contribution in [1.29, 1.82) is 0 Å². The first-order valence-corrected chi connectivity index (χ1v) is 8.20. The van der Waals surface area contributed by atoms with E-state index in [0.717, 1.165) is 17.7 Å². The van der Waals surface area contributed by atoms with Crippen LogP contribution in [-0.4, -0.2) is 24.9 Å². The Morgan fingerprint density at radius 3 is 2.23 bits per heavy atom. The van der Waals surface area contributed by atoms with Crippen molar-refractivity contribution >= 4 is 11.8 Å². The molecule has 2 N–H and O–H groups in total.